The van der Waals surface area contributed by atoms with E-state index in [0.29, 0.717) is 11.4 Å². The lowest BCUT2D eigenvalue weighted by atomic mass is 10.2. The monoisotopic (exact) mass is 382 g/mol. The van der Waals surface area contributed by atoms with Gasteiger partial charge in [0.05, 0.1) is 6.26 Å². The summed E-state index contributed by atoms with van der Waals surface area (Å²) in [5, 5.41) is 6.78. The molecule has 0 radical (unpaired) electrons. The van der Waals surface area contributed by atoms with Crippen LogP contribution in [0, 0.1) is 0 Å². The second-order valence-corrected chi connectivity index (χ2v) is 6.80. The molecule has 0 saturated carbocycles. The molecule has 146 valence electrons. The third kappa shape index (κ3) is 4.16. The molecule has 28 heavy (non-hydrogen) atoms. The highest BCUT2D eigenvalue weighted by Gasteiger charge is 2.15. The van der Waals surface area contributed by atoms with Crippen LogP contribution in [0.4, 0.5) is 11.4 Å². The Morgan fingerprint density at radius 2 is 1.82 bits per heavy atom. The minimum Gasteiger partial charge on any atom is -0.459 e. The van der Waals surface area contributed by atoms with Crippen LogP contribution < -0.4 is 16.0 Å². The summed E-state index contributed by atoms with van der Waals surface area (Å²) in [6.07, 6.45) is 6.45. The molecule has 1 amide bonds. The Kier molecular flexibility index (Phi) is 5.27. The fourth-order valence-electron chi connectivity index (χ4n) is 3.33. The molecule has 0 atom stereocenters. The molecule has 8 heteroatoms. The molecule has 4 rings (SSSR count). The zero-order valence-corrected chi connectivity index (χ0v) is 15.5. The largest absolute Gasteiger partial charge is 0.459 e. The number of amides is 1. The lowest BCUT2D eigenvalue weighted by Crippen LogP contribution is -2.26. The first kappa shape index (κ1) is 18.1. The average molecular weight is 382 g/mol. The van der Waals surface area contributed by atoms with Crippen molar-refractivity contribution >= 4 is 17.3 Å². The molecule has 8 nitrogen and oxygen atoms in total. The Bertz CT molecular complexity index is 965. The van der Waals surface area contributed by atoms with E-state index < -0.39 is 5.76 Å². The summed E-state index contributed by atoms with van der Waals surface area (Å²) in [5.74, 6) is -0.688. The number of carbonyl (C=O) groups excluding carboxylic acids is 1. The highest BCUT2D eigenvalue weighted by atomic mass is 16.4. The molecule has 3 heterocycles. The highest BCUT2D eigenvalue weighted by molar-refractivity contribution is 5.90. The lowest BCUT2D eigenvalue weighted by molar-refractivity contribution is -0.117. The molecule has 0 aliphatic carbocycles. The van der Waals surface area contributed by atoms with E-state index in [1.807, 2.05) is 24.3 Å². The van der Waals surface area contributed by atoms with Gasteiger partial charge in [-0.3, -0.25) is 4.79 Å². The number of anilines is 2. The minimum atomic E-state index is -0.710. The van der Waals surface area contributed by atoms with Gasteiger partial charge < -0.3 is 19.1 Å². The van der Waals surface area contributed by atoms with E-state index in [2.05, 4.69) is 15.3 Å². The summed E-state index contributed by atoms with van der Waals surface area (Å²) in [5.41, 5.74) is 1.84. The smallest absolute Gasteiger partial charge is 0.437 e. The summed E-state index contributed by atoms with van der Waals surface area (Å²) >= 11 is 0. The van der Waals surface area contributed by atoms with Crippen molar-refractivity contribution in [1.29, 1.82) is 0 Å². The molecule has 1 N–H and O–H groups in total. The van der Waals surface area contributed by atoms with Gasteiger partial charge >= 0.3 is 5.76 Å². The number of carbonyl (C=O) groups is 1. The van der Waals surface area contributed by atoms with Gasteiger partial charge in [-0.2, -0.15) is 4.68 Å². The van der Waals surface area contributed by atoms with Crippen LogP contribution in [0.25, 0.3) is 11.7 Å². The fraction of sp³-hybridized carbons (Fsp3) is 0.350. The number of benzene rings is 1. The van der Waals surface area contributed by atoms with E-state index in [1.165, 1.54) is 31.9 Å². The Hall–Kier alpha value is -3.29. The Balaban J connectivity index is 1.38. The van der Waals surface area contributed by atoms with Crippen LogP contribution in [0.15, 0.2) is 56.3 Å². The maximum Gasteiger partial charge on any atom is 0.437 e. The van der Waals surface area contributed by atoms with E-state index in [1.54, 1.807) is 12.1 Å². The van der Waals surface area contributed by atoms with Crippen molar-refractivity contribution in [2.24, 2.45) is 0 Å². The molecule has 0 spiro atoms. The fourth-order valence-corrected chi connectivity index (χ4v) is 3.33. The van der Waals surface area contributed by atoms with Crippen LogP contribution >= 0.6 is 0 Å². The van der Waals surface area contributed by atoms with Crippen LogP contribution in [0.5, 0.6) is 0 Å². The molecule has 1 aliphatic heterocycles. The topological polar surface area (TPSA) is 93.5 Å². The average Bonchev–Trinajstić information content (AvgIpc) is 3.25. The molecule has 1 fully saturated rings. The van der Waals surface area contributed by atoms with Crippen LogP contribution in [-0.2, 0) is 11.3 Å². The first-order valence-corrected chi connectivity index (χ1v) is 9.46. The van der Waals surface area contributed by atoms with Crippen LogP contribution in [-0.4, -0.2) is 28.8 Å². The van der Waals surface area contributed by atoms with Crippen molar-refractivity contribution in [3.05, 3.63) is 53.2 Å². The Morgan fingerprint density at radius 1 is 1.07 bits per heavy atom. The summed E-state index contributed by atoms with van der Waals surface area (Å²) in [6, 6.07) is 11.1. The number of hydrogen-bond donors (Lipinski definition) is 1. The maximum absolute atomic E-state index is 12.3. The highest BCUT2D eigenvalue weighted by Crippen LogP contribution is 2.21. The van der Waals surface area contributed by atoms with Gasteiger partial charge in [-0.15, -0.1) is 5.10 Å². The number of nitrogens with zero attached hydrogens (tertiary/aromatic N) is 3. The number of aromatic nitrogens is 2. The molecule has 3 aromatic rings. The van der Waals surface area contributed by atoms with Crippen LogP contribution in [0.2, 0.25) is 0 Å². The van der Waals surface area contributed by atoms with E-state index in [4.69, 9.17) is 8.83 Å². The maximum atomic E-state index is 12.3. The number of hydrogen-bond acceptors (Lipinski definition) is 6. The van der Waals surface area contributed by atoms with Crippen LogP contribution in [0.1, 0.15) is 25.7 Å². The van der Waals surface area contributed by atoms with Crippen molar-refractivity contribution in [3.63, 3.8) is 0 Å². The zero-order chi connectivity index (χ0) is 19.3. The third-order valence-corrected chi connectivity index (χ3v) is 4.75. The van der Waals surface area contributed by atoms with Gasteiger partial charge in [-0.1, -0.05) is 12.8 Å². The summed E-state index contributed by atoms with van der Waals surface area (Å²) in [6.45, 7) is 1.90. The second kappa shape index (κ2) is 8.16. The molecule has 1 aromatic carbocycles. The molecular weight excluding hydrogens is 360 g/mol. The Labute approximate surface area is 161 Å². The van der Waals surface area contributed by atoms with E-state index in [-0.39, 0.29) is 18.3 Å². The van der Waals surface area contributed by atoms with Gasteiger partial charge in [0.1, 0.15) is 6.54 Å². The Morgan fingerprint density at radius 3 is 2.50 bits per heavy atom. The van der Waals surface area contributed by atoms with Gasteiger partial charge in [0.25, 0.3) is 5.89 Å². The van der Waals surface area contributed by atoms with E-state index >= 15 is 0 Å². The molecule has 1 saturated heterocycles. The molecule has 0 unspecified atom stereocenters. The normalized spacial score (nSPS) is 14.6. The molecular formula is C20H22N4O4. The van der Waals surface area contributed by atoms with Gasteiger partial charge in [0.2, 0.25) is 5.91 Å². The quantitative estimate of drug-likeness (QED) is 0.729. The zero-order valence-electron chi connectivity index (χ0n) is 15.5. The predicted octanol–water partition coefficient (Wildman–Crippen LogP) is 3.12. The van der Waals surface area contributed by atoms with E-state index in [9.17, 15) is 9.59 Å². The third-order valence-electron chi connectivity index (χ3n) is 4.75. The second-order valence-electron chi connectivity index (χ2n) is 6.80. The lowest BCUT2D eigenvalue weighted by Gasteiger charge is -2.22. The van der Waals surface area contributed by atoms with Gasteiger partial charge in [0.15, 0.2) is 5.76 Å². The van der Waals surface area contributed by atoms with Crippen molar-refractivity contribution in [3.8, 4) is 11.7 Å². The first-order valence-electron chi connectivity index (χ1n) is 9.46. The molecule has 1 aliphatic rings. The molecule has 0 bridgehead atoms. The van der Waals surface area contributed by atoms with Crippen molar-refractivity contribution < 1.29 is 13.6 Å². The standard InChI is InChI=1S/C20H22N4O4/c25-18(14-24-20(26)28-19(22-24)17-6-5-13-27-17)21-15-7-9-16(10-8-15)23-11-3-1-2-4-12-23/h5-10,13H,1-4,11-12,14H2,(H,21,25). The van der Waals surface area contributed by atoms with Crippen molar-refractivity contribution in [2.75, 3.05) is 23.3 Å². The summed E-state index contributed by atoms with van der Waals surface area (Å²) in [4.78, 5) is 26.5. The van der Waals surface area contributed by atoms with E-state index in [0.717, 1.165) is 23.5 Å². The van der Waals surface area contributed by atoms with Crippen molar-refractivity contribution in [1.82, 2.24) is 9.78 Å². The van der Waals surface area contributed by atoms with Gasteiger partial charge in [0, 0.05) is 24.5 Å². The summed E-state index contributed by atoms with van der Waals surface area (Å²) in [7, 11) is 0. The van der Waals surface area contributed by atoms with Crippen LogP contribution in [0.3, 0.4) is 0 Å². The van der Waals surface area contributed by atoms with Gasteiger partial charge in [-0.25, -0.2) is 4.79 Å². The minimum absolute atomic E-state index is 0.0459. The number of furan rings is 1. The molecule has 2 aromatic heterocycles. The number of rotatable bonds is 5. The SMILES string of the molecule is O=C(Cn1nc(-c2ccco2)oc1=O)Nc1ccc(N2CCCCCC2)cc1. The predicted molar refractivity (Wildman–Crippen MR) is 104 cm³/mol. The first-order chi connectivity index (χ1) is 13.7. The summed E-state index contributed by atoms with van der Waals surface area (Å²) < 4.78 is 11.1. The number of nitrogens with one attached hydrogen (secondary N) is 1. The van der Waals surface area contributed by atoms with Crippen molar-refractivity contribution in [2.45, 2.75) is 32.2 Å². The van der Waals surface area contributed by atoms with Gasteiger partial charge in [-0.05, 0) is 49.2 Å².